The van der Waals surface area contributed by atoms with Crippen LogP contribution in [0.3, 0.4) is 0 Å². The maximum absolute atomic E-state index is 10.7. The molecule has 2 aliphatic rings. The lowest BCUT2D eigenvalue weighted by atomic mass is 9.86. The molecule has 3 nitrogen and oxygen atoms in total. The second-order valence-corrected chi connectivity index (χ2v) is 4.70. The van der Waals surface area contributed by atoms with E-state index in [1.807, 2.05) is 6.92 Å². The minimum atomic E-state index is -0.0764. The van der Waals surface area contributed by atoms with E-state index in [9.17, 15) is 4.79 Å². The Morgan fingerprint density at radius 2 is 2.07 bits per heavy atom. The number of carbonyl (C=O) groups is 1. The topological polar surface area (TPSA) is 41.5 Å². The molecule has 0 unspecified atom stereocenters. The Kier molecular flexibility index (Phi) is 2.57. The summed E-state index contributed by atoms with van der Waals surface area (Å²) in [7, 11) is 0. The predicted octanol–water partition coefficient (Wildman–Crippen LogP) is 1.93. The zero-order chi connectivity index (χ0) is 10.1. The second-order valence-electron chi connectivity index (χ2n) is 4.70. The van der Waals surface area contributed by atoms with Crippen molar-refractivity contribution in [2.24, 2.45) is 22.9 Å². The van der Waals surface area contributed by atoms with Crippen LogP contribution < -0.4 is 5.43 Å². The molecule has 2 aliphatic carbocycles. The fourth-order valence-corrected chi connectivity index (χ4v) is 3.01. The molecule has 14 heavy (non-hydrogen) atoms. The standard InChI is InChI=1S/C11H18N2O/c1-7(12-13-8(2)14)11-6-9-3-4-10(11)5-9/h9-11H,3-6H2,1-2H3,(H,13,14)/b12-7+/t9-,10+,11+/m0/s1. The van der Waals surface area contributed by atoms with E-state index in [1.54, 1.807) is 0 Å². The molecule has 3 atom stereocenters. The molecule has 2 fully saturated rings. The Labute approximate surface area is 85.0 Å². The van der Waals surface area contributed by atoms with E-state index < -0.39 is 0 Å². The van der Waals surface area contributed by atoms with Gasteiger partial charge in [-0.2, -0.15) is 5.10 Å². The minimum absolute atomic E-state index is 0.0764. The fraction of sp³-hybridized carbons (Fsp3) is 0.818. The van der Waals surface area contributed by atoms with Gasteiger partial charge in [0.15, 0.2) is 0 Å². The lowest BCUT2D eigenvalue weighted by Crippen LogP contribution is -2.23. The minimum Gasteiger partial charge on any atom is -0.274 e. The van der Waals surface area contributed by atoms with Gasteiger partial charge in [0.25, 0.3) is 0 Å². The first-order valence-electron chi connectivity index (χ1n) is 5.47. The summed E-state index contributed by atoms with van der Waals surface area (Å²) in [6, 6.07) is 0. The summed E-state index contributed by atoms with van der Waals surface area (Å²) < 4.78 is 0. The van der Waals surface area contributed by atoms with Crippen molar-refractivity contribution in [2.45, 2.75) is 39.5 Å². The third-order valence-corrected chi connectivity index (χ3v) is 3.66. The van der Waals surface area contributed by atoms with Crippen LogP contribution in [0, 0.1) is 17.8 Å². The number of amides is 1. The number of hydrazone groups is 1. The van der Waals surface area contributed by atoms with Crippen LogP contribution in [-0.4, -0.2) is 11.6 Å². The van der Waals surface area contributed by atoms with Crippen molar-refractivity contribution in [3.05, 3.63) is 0 Å². The number of hydrogen-bond donors (Lipinski definition) is 1. The number of nitrogens with one attached hydrogen (secondary N) is 1. The molecule has 0 radical (unpaired) electrons. The summed E-state index contributed by atoms with van der Waals surface area (Å²) in [4.78, 5) is 10.7. The smallest absolute Gasteiger partial charge is 0.236 e. The average Bonchev–Trinajstić information content (AvgIpc) is 2.74. The molecule has 2 rings (SSSR count). The van der Waals surface area contributed by atoms with Crippen LogP contribution in [-0.2, 0) is 4.79 Å². The predicted molar refractivity (Wildman–Crippen MR) is 55.9 cm³/mol. The highest BCUT2D eigenvalue weighted by molar-refractivity contribution is 5.86. The van der Waals surface area contributed by atoms with Crippen LogP contribution in [0.25, 0.3) is 0 Å². The van der Waals surface area contributed by atoms with Gasteiger partial charge in [0.2, 0.25) is 5.91 Å². The van der Waals surface area contributed by atoms with E-state index in [0.29, 0.717) is 5.92 Å². The molecule has 0 spiro atoms. The molecule has 78 valence electrons. The third-order valence-electron chi connectivity index (χ3n) is 3.66. The number of carbonyl (C=O) groups excluding carboxylic acids is 1. The second kappa shape index (κ2) is 3.71. The van der Waals surface area contributed by atoms with Crippen molar-refractivity contribution in [1.82, 2.24) is 5.43 Å². The average molecular weight is 194 g/mol. The van der Waals surface area contributed by atoms with E-state index in [-0.39, 0.29) is 5.91 Å². The van der Waals surface area contributed by atoms with Crippen molar-refractivity contribution in [3.8, 4) is 0 Å². The summed E-state index contributed by atoms with van der Waals surface area (Å²) in [6.07, 6.45) is 5.45. The molecule has 1 N–H and O–H groups in total. The van der Waals surface area contributed by atoms with Gasteiger partial charge in [-0.1, -0.05) is 6.42 Å². The molecular formula is C11H18N2O. The molecular weight excluding hydrogens is 176 g/mol. The molecule has 2 saturated carbocycles. The van der Waals surface area contributed by atoms with Gasteiger partial charge in [0.1, 0.15) is 0 Å². The van der Waals surface area contributed by atoms with E-state index in [1.165, 1.54) is 32.6 Å². The van der Waals surface area contributed by atoms with Crippen LogP contribution >= 0.6 is 0 Å². The molecule has 0 aromatic carbocycles. The Balaban J connectivity index is 1.95. The SMILES string of the molecule is CC(=O)N/N=C(\C)[C@H]1C[C@H]2CC[C@@H]1C2. The monoisotopic (exact) mass is 194 g/mol. The first kappa shape index (κ1) is 9.69. The summed E-state index contributed by atoms with van der Waals surface area (Å²) in [5.74, 6) is 2.35. The van der Waals surface area contributed by atoms with Crippen LogP contribution in [0.15, 0.2) is 5.10 Å². The van der Waals surface area contributed by atoms with Crippen molar-refractivity contribution >= 4 is 11.6 Å². The summed E-state index contributed by atoms with van der Waals surface area (Å²) in [5, 5.41) is 4.14. The quantitative estimate of drug-likeness (QED) is 0.529. The Hall–Kier alpha value is -0.860. The first-order valence-corrected chi connectivity index (χ1v) is 5.47. The van der Waals surface area contributed by atoms with Gasteiger partial charge in [-0.05, 0) is 38.0 Å². The van der Waals surface area contributed by atoms with Crippen LogP contribution in [0.2, 0.25) is 0 Å². The maximum Gasteiger partial charge on any atom is 0.236 e. The highest BCUT2D eigenvalue weighted by atomic mass is 16.2. The van der Waals surface area contributed by atoms with Crippen molar-refractivity contribution in [3.63, 3.8) is 0 Å². The van der Waals surface area contributed by atoms with Gasteiger partial charge in [-0.15, -0.1) is 0 Å². The molecule has 0 heterocycles. The van der Waals surface area contributed by atoms with E-state index >= 15 is 0 Å². The maximum atomic E-state index is 10.7. The molecule has 1 amide bonds. The molecule has 0 saturated heterocycles. The van der Waals surface area contributed by atoms with Gasteiger partial charge < -0.3 is 0 Å². The molecule has 2 bridgehead atoms. The van der Waals surface area contributed by atoms with Crippen molar-refractivity contribution in [2.75, 3.05) is 0 Å². The Bertz CT molecular complexity index is 272. The lowest BCUT2D eigenvalue weighted by Gasteiger charge is -2.20. The molecule has 0 aromatic heterocycles. The summed E-state index contributed by atoms with van der Waals surface area (Å²) in [5.41, 5.74) is 3.65. The number of hydrogen-bond acceptors (Lipinski definition) is 2. The van der Waals surface area contributed by atoms with Gasteiger partial charge in [0.05, 0.1) is 0 Å². The largest absolute Gasteiger partial charge is 0.274 e. The van der Waals surface area contributed by atoms with Gasteiger partial charge in [-0.3, -0.25) is 4.79 Å². The van der Waals surface area contributed by atoms with Crippen molar-refractivity contribution < 1.29 is 4.79 Å². The molecule has 0 aliphatic heterocycles. The number of rotatable bonds is 2. The normalized spacial score (nSPS) is 36.1. The highest BCUT2D eigenvalue weighted by Crippen LogP contribution is 2.48. The first-order chi connectivity index (χ1) is 6.66. The van der Waals surface area contributed by atoms with E-state index in [4.69, 9.17) is 0 Å². The van der Waals surface area contributed by atoms with Crippen LogP contribution in [0.5, 0.6) is 0 Å². The van der Waals surface area contributed by atoms with Crippen LogP contribution in [0.4, 0.5) is 0 Å². The molecule has 3 heteroatoms. The van der Waals surface area contributed by atoms with Crippen LogP contribution in [0.1, 0.15) is 39.5 Å². The zero-order valence-corrected chi connectivity index (χ0v) is 8.92. The lowest BCUT2D eigenvalue weighted by molar-refractivity contribution is -0.118. The van der Waals surface area contributed by atoms with Gasteiger partial charge >= 0.3 is 0 Å². The molecule has 0 aromatic rings. The highest BCUT2D eigenvalue weighted by Gasteiger charge is 2.40. The zero-order valence-electron chi connectivity index (χ0n) is 8.92. The summed E-state index contributed by atoms with van der Waals surface area (Å²) in [6.45, 7) is 3.54. The van der Waals surface area contributed by atoms with Gasteiger partial charge in [-0.25, -0.2) is 5.43 Å². The number of fused-ring (bicyclic) bond motifs is 2. The summed E-state index contributed by atoms with van der Waals surface area (Å²) >= 11 is 0. The fourth-order valence-electron chi connectivity index (χ4n) is 3.01. The van der Waals surface area contributed by atoms with E-state index in [2.05, 4.69) is 10.5 Å². The van der Waals surface area contributed by atoms with E-state index in [0.717, 1.165) is 17.5 Å². The number of nitrogens with zero attached hydrogens (tertiary/aromatic N) is 1. The Morgan fingerprint density at radius 1 is 1.29 bits per heavy atom. The Morgan fingerprint density at radius 3 is 2.57 bits per heavy atom. The van der Waals surface area contributed by atoms with Gasteiger partial charge in [0, 0.05) is 18.6 Å². The third kappa shape index (κ3) is 1.81. The van der Waals surface area contributed by atoms with Crippen molar-refractivity contribution in [1.29, 1.82) is 0 Å².